The van der Waals surface area contributed by atoms with Crippen molar-refractivity contribution in [1.82, 2.24) is 4.98 Å². The van der Waals surface area contributed by atoms with Gasteiger partial charge >= 0.3 is 7.12 Å². The summed E-state index contributed by atoms with van der Waals surface area (Å²) < 4.78 is 0.834. The second-order valence-electron chi connectivity index (χ2n) is 3.01. The molecule has 3 nitrogen and oxygen atoms in total. The Morgan fingerprint density at radius 3 is 2.15 bits per heavy atom. The van der Waals surface area contributed by atoms with Gasteiger partial charge in [-0.15, -0.1) is 0 Å². The van der Waals surface area contributed by atoms with Crippen molar-refractivity contribution in [1.29, 1.82) is 0 Å². The molecule has 0 radical (unpaired) electrons. The first kappa shape index (κ1) is 10.7. The third-order valence-electron chi connectivity index (χ3n) is 2.03. The summed E-state index contributed by atoms with van der Waals surface area (Å²) in [7, 11) is -1.45. The monoisotopic (exact) mass is 243 g/mol. The first-order valence-electron chi connectivity index (χ1n) is 3.94. The summed E-state index contributed by atoms with van der Waals surface area (Å²) in [6, 6.07) is 0. The molecule has 70 valence electrons. The molecule has 0 aliphatic heterocycles. The van der Waals surface area contributed by atoms with E-state index in [9.17, 15) is 0 Å². The number of nitrogens with zero attached hydrogens (tertiary/aromatic N) is 1. The molecule has 0 aliphatic rings. The smallest absolute Gasteiger partial charge is 0.423 e. The van der Waals surface area contributed by atoms with Crippen molar-refractivity contribution >= 4 is 28.5 Å². The maximum Gasteiger partial charge on any atom is 0.490 e. The number of aromatic nitrogens is 1. The molecule has 0 spiro atoms. The minimum atomic E-state index is -1.45. The van der Waals surface area contributed by atoms with Gasteiger partial charge in [0, 0.05) is 15.6 Å². The van der Waals surface area contributed by atoms with Crippen LogP contribution in [-0.2, 0) is 0 Å². The van der Waals surface area contributed by atoms with Crippen LogP contribution in [0.25, 0.3) is 0 Å². The van der Waals surface area contributed by atoms with E-state index in [1.165, 1.54) is 0 Å². The van der Waals surface area contributed by atoms with Crippen LogP contribution in [0.1, 0.15) is 17.0 Å². The van der Waals surface area contributed by atoms with E-state index in [1.807, 2.05) is 13.8 Å². The predicted molar refractivity (Wildman–Crippen MR) is 56.0 cm³/mol. The number of pyridine rings is 1. The average Bonchev–Trinajstić information content (AvgIpc) is 1.99. The van der Waals surface area contributed by atoms with Crippen molar-refractivity contribution in [2.45, 2.75) is 20.8 Å². The summed E-state index contributed by atoms with van der Waals surface area (Å²) >= 11 is 3.35. The van der Waals surface area contributed by atoms with Gasteiger partial charge in [-0.3, -0.25) is 4.98 Å². The van der Waals surface area contributed by atoms with E-state index in [-0.39, 0.29) is 0 Å². The van der Waals surface area contributed by atoms with E-state index in [4.69, 9.17) is 10.0 Å². The molecule has 2 N–H and O–H groups in total. The van der Waals surface area contributed by atoms with E-state index >= 15 is 0 Å². The highest BCUT2D eigenvalue weighted by molar-refractivity contribution is 9.10. The van der Waals surface area contributed by atoms with Crippen LogP contribution in [0.2, 0.25) is 0 Å². The molecule has 0 unspecified atom stereocenters. The number of halogens is 1. The Hall–Kier alpha value is -0.385. The van der Waals surface area contributed by atoms with Crippen LogP contribution >= 0.6 is 15.9 Å². The van der Waals surface area contributed by atoms with Gasteiger partial charge in [0.1, 0.15) is 0 Å². The van der Waals surface area contributed by atoms with Gasteiger partial charge < -0.3 is 10.0 Å². The summed E-state index contributed by atoms with van der Waals surface area (Å²) in [5, 5.41) is 18.2. The van der Waals surface area contributed by atoms with Crippen LogP contribution in [0.4, 0.5) is 0 Å². The van der Waals surface area contributed by atoms with Gasteiger partial charge in [-0.2, -0.15) is 0 Å². The Balaban J connectivity index is 3.44. The molecule has 0 saturated heterocycles. The molecule has 1 aromatic rings. The van der Waals surface area contributed by atoms with Gasteiger partial charge in [-0.25, -0.2) is 0 Å². The fraction of sp³-hybridized carbons (Fsp3) is 0.375. The number of aryl methyl sites for hydroxylation is 2. The molecule has 0 aromatic carbocycles. The molecule has 0 aliphatic carbocycles. The fourth-order valence-corrected chi connectivity index (χ4v) is 1.70. The second-order valence-corrected chi connectivity index (χ2v) is 3.80. The van der Waals surface area contributed by atoms with Gasteiger partial charge in [-0.05, 0) is 42.3 Å². The average molecular weight is 244 g/mol. The molecule has 1 aromatic heterocycles. The zero-order valence-corrected chi connectivity index (χ0v) is 9.38. The molecule has 1 rings (SSSR count). The Morgan fingerprint density at radius 2 is 1.69 bits per heavy atom. The Morgan fingerprint density at radius 1 is 1.15 bits per heavy atom. The van der Waals surface area contributed by atoms with E-state index in [2.05, 4.69) is 20.9 Å². The van der Waals surface area contributed by atoms with Crippen LogP contribution in [0.15, 0.2) is 4.47 Å². The van der Waals surface area contributed by atoms with Crippen LogP contribution < -0.4 is 5.46 Å². The molecular formula is C8H11BBrNO2. The van der Waals surface area contributed by atoms with Gasteiger partial charge in [0.25, 0.3) is 0 Å². The van der Waals surface area contributed by atoms with E-state index in [1.54, 1.807) is 6.92 Å². The molecule has 0 saturated carbocycles. The SMILES string of the molecule is Cc1nc(C)c(B(O)O)c(C)c1Br. The minimum Gasteiger partial charge on any atom is -0.423 e. The van der Waals surface area contributed by atoms with Crippen molar-refractivity contribution in [2.75, 3.05) is 0 Å². The number of rotatable bonds is 1. The largest absolute Gasteiger partial charge is 0.490 e. The topological polar surface area (TPSA) is 53.4 Å². The molecule has 5 heteroatoms. The third kappa shape index (κ3) is 1.93. The maximum absolute atomic E-state index is 9.10. The quantitative estimate of drug-likeness (QED) is 0.705. The highest BCUT2D eigenvalue weighted by Gasteiger charge is 2.20. The molecule has 1 heterocycles. The van der Waals surface area contributed by atoms with E-state index in [0.717, 1.165) is 15.7 Å². The van der Waals surface area contributed by atoms with Gasteiger partial charge in [0.2, 0.25) is 0 Å². The fourth-order valence-electron chi connectivity index (χ4n) is 1.40. The van der Waals surface area contributed by atoms with E-state index < -0.39 is 7.12 Å². The maximum atomic E-state index is 9.10. The molecule has 0 atom stereocenters. The van der Waals surface area contributed by atoms with Gasteiger partial charge in [0.05, 0.1) is 5.69 Å². The summed E-state index contributed by atoms with van der Waals surface area (Å²) in [4.78, 5) is 4.19. The van der Waals surface area contributed by atoms with Crippen molar-refractivity contribution in [3.63, 3.8) is 0 Å². The number of hydrogen-bond acceptors (Lipinski definition) is 3. The normalized spacial score (nSPS) is 10.3. The Bertz CT molecular complexity index is 341. The first-order valence-corrected chi connectivity index (χ1v) is 4.73. The minimum absolute atomic E-state index is 0.484. The summed E-state index contributed by atoms with van der Waals surface area (Å²) in [6.07, 6.45) is 0. The molecule has 0 fully saturated rings. The molecule has 13 heavy (non-hydrogen) atoms. The van der Waals surface area contributed by atoms with Gasteiger partial charge in [0.15, 0.2) is 0 Å². The van der Waals surface area contributed by atoms with Crippen molar-refractivity contribution in [3.05, 3.63) is 21.4 Å². The van der Waals surface area contributed by atoms with Crippen LogP contribution in [0.5, 0.6) is 0 Å². The van der Waals surface area contributed by atoms with Crippen molar-refractivity contribution < 1.29 is 10.0 Å². The Kier molecular flexibility index (Phi) is 3.11. The lowest BCUT2D eigenvalue weighted by atomic mass is 9.76. The lowest BCUT2D eigenvalue weighted by Gasteiger charge is -2.11. The molecule has 0 bridgehead atoms. The Labute approximate surface area is 86.1 Å². The van der Waals surface area contributed by atoms with Crippen LogP contribution in [0, 0.1) is 20.8 Å². The summed E-state index contributed by atoms with van der Waals surface area (Å²) in [5.41, 5.74) is 2.84. The molecular weight excluding hydrogens is 233 g/mol. The first-order chi connectivity index (χ1) is 5.95. The number of hydrogen-bond donors (Lipinski definition) is 2. The third-order valence-corrected chi connectivity index (χ3v) is 3.20. The zero-order valence-electron chi connectivity index (χ0n) is 7.80. The summed E-state index contributed by atoms with van der Waals surface area (Å²) in [6.45, 7) is 5.47. The van der Waals surface area contributed by atoms with Crippen molar-refractivity contribution in [2.24, 2.45) is 0 Å². The molecule has 0 amide bonds. The van der Waals surface area contributed by atoms with Crippen LogP contribution in [0.3, 0.4) is 0 Å². The summed E-state index contributed by atoms with van der Waals surface area (Å²) in [5.74, 6) is 0. The van der Waals surface area contributed by atoms with E-state index in [0.29, 0.717) is 11.2 Å². The zero-order chi connectivity index (χ0) is 10.2. The van der Waals surface area contributed by atoms with Crippen LogP contribution in [-0.4, -0.2) is 22.2 Å². The van der Waals surface area contributed by atoms with Crippen molar-refractivity contribution in [3.8, 4) is 0 Å². The second kappa shape index (κ2) is 3.78. The lowest BCUT2D eigenvalue weighted by Crippen LogP contribution is -2.35. The standard InChI is InChI=1S/C8H11BBrNO2/c1-4-7(9(12)13)5(2)11-6(3)8(4)10/h12-13H,1-3H3. The highest BCUT2D eigenvalue weighted by atomic mass is 79.9. The highest BCUT2D eigenvalue weighted by Crippen LogP contribution is 2.18. The lowest BCUT2D eigenvalue weighted by molar-refractivity contribution is 0.425. The van der Waals surface area contributed by atoms with Gasteiger partial charge in [-0.1, -0.05) is 0 Å². The predicted octanol–water partition coefficient (Wildman–Crippen LogP) is 0.449.